The SMILES string of the molecule is CC1CCCN(C(=O)CCN(c2cccc(C#N)c2)S(C)(=O)=O)C1. The van der Waals surface area contributed by atoms with Crippen molar-refractivity contribution in [2.75, 3.05) is 30.2 Å². The molecule has 1 aromatic rings. The molecule has 0 saturated carbocycles. The van der Waals surface area contributed by atoms with E-state index in [2.05, 4.69) is 6.92 Å². The van der Waals surface area contributed by atoms with Gasteiger partial charge in [-0.05, 0) is 37.0 Å². The molecule has 0 bridgehead atoms. The summed E-state index contributed by atoms with van der Waals surface area (Å²) in [4.78, 5) is 14.2. The Morgan fingerprint density at radius 3 is 2.83 bits per heavy atom. The van der Waals surface area contributed by atoms with Crippen molar-refractivity contribution >= 4 is 21.6 Å². The van der Waals surface area contributed by atoms with Gasteiger partial charge >= 0.3 is 0 Å². The average molecular weight is 349 g/mol. The van der Waals surface area contributed by atoms with E-state index in [-0.39, 0.29) is 18.9 Å². The second-order valence-electron chi connectivity index (χ2n) is 6.33. The first kappa shape index (κ1) is 18.3. The molecule has 2 rings (SSSR count). The summed E-state index contributed by atoms with van der Waals surface area (Å²) >= 11 is 0. The summed E-state index contributed by atoms with van der Waals surface area (Å²) in [6, 6.07) is 8.41. The first-order valence-electron chi connectivity index (χ1n) is 8.07. The highest BCUT2D eigenvalue weighted by atomic mass is 32.2. The Balaban J connectivity index is 2.10. The second kappa shape index (κ2) is 7.67. The lowest BCUT2D eigenvalue weighted by Gasteiger charge is -2.31. The predicted octanol–water partition coefficient (Wildman–Crippen LogP) is 1.97. The lowest BCUT2D eigenvalue weighted by atomic mass is 10.00. The fourth-order valence-corrected chi connectivity index (χ4v) is 3.91. The third kappa shape index (κ3) is 4.71. The highest BCUT2D eigenvalue weighted by Crippen LogP contribution is 2.21. The maximum absolute atomic E-state index is 12.4. The Kier molecular flexibility index (Phi) is 5.84. The van der Waals surface area contributed by atoms with Crippen LogP contribution in [0.2, 0.25) is 0 Å². The molecule has 1 atom stereocenters. The molecule has 0 radical (unpaired) electrons. The van der Waals surface area contributed by atoms with Crippen LogP contribution < -0.4 is 4.31 Å². The highest BCUT2D eigenvalue weighted by Gasteiger charge is 2.23. The molecule has 130 valence electrons. The predicted molar refractivity (Wildman–Crippen MR) is 92.9 cm³/mol. The van der Waals surface area contributed by atoms with Crippen molar-refractivity contribution < 1.29 is 13.2 Å². The zero-order chi connectivity index (χ0) is 17.7. The van der Waals surface area contributed by atoms with Gasteiger partial charge in [-0.3, -0.25) is 9.10 Å². The molecule has 0 aliphatic carbocycles. The van der Waals surface area contributed by atoms with Crippen LogP contribution in [0.1, 0.15) is 31.7 Å². The highest BCUT2D eigenvalue weighted by molar-refractivity contribution is 7.92. The fourth-order valence-electron chi connectivity index (χ4n) is 2.99. The van der Waals surface area contributed by atoms with E-state index in [1.807, 2.05) is 11.0 Å². The molecule has 7 heteroatoms. The Labute approximate surface area is 143 Å². The van der Waals surface area contributed by atoms with E-state index in [0.29, 0.717) is 17.2 Å². The molecule has 1 aliphatic heterocycles. The normalized spacial score (nSPS) is 18.0. The number of carbonyl (C=O) groups is 1. The zero-order valence-electron chi connectivity index (χ0n) is 14.1. The van der Waals surface area contributed by atoms with Gasteiger partial charge in [0.1, 0.15) is 0 Å². The lowest BCUT2D eigenvalue weighted by Crippen LogP contribution is -2.41. The topological polar surface area (TPSA) is 81.5 Å². The van der Waals surface area contributed by atoms with Crippen molar-refractivity contribution in [3.63, 3.8) is 0 Å². The third-order valence-corrected chi connectivity index (χ3v) is 5.40. The minimum Gasteiger partial charge on any atom is -0.342 e. The molecule has 6 nitrogen and oxygen atoms in total. The van der Waals surface area contributed by atoms with E-state index in [1.165, 1.54) is 10.4 Å². The van der Waals surface area contributed by atoms with Gasteiger partial charge in [-0.25, -0.2) is 8.42 Å². The van der Waals surface area contributed by atoms with E-state index >= 15 is 0 Å². The number of nitrogens with zero attached hydrogens (tertiary/aromatic N) is 3. The molecule has 24 heavy (non-hydrogen) atoms. The number of benzene rings is 1. The van der Waals surface area contributed by atoms with Gasteiger partial charge in [0, 0.05) is 26.1 Å². The van der Waals surface area contributed by atoms with Gasteiger partial charge in [0.15, 0.2) is 0 Å². The van der Waals surface area contributed by atoms with Gasteiger partial charge in [-0.1, -0.05) is 13.0 Å². The third-order valence-electron chi connectivity index (χ3n) is 4.20. The molecule has 1 unspecified atom stereocenters. The number of rotatable bonds is 5. The van der Waals surface area contributed by atoms with Gasteiger partial charge in [0.05, 0.1) is 23.6 Å². The largest absolute Gasteiger partial charge is 0.342 e. The number of hydrogen-bond donors (Lipinski definition) is 0. The number of nitriles is 1. The molecule has 1 aliphatic rings. The molecule has 1 amide bonds. The molecular formula is C17H23N3O3S. The molecule has 1 fully saturated rings. The molecule has 0 aromatic heterocycles. The maximum Gasteiger partial charge on any atom is 0.232 e. The number of amides is 1. The fraction of sp³-hybridized carbons (Fsp3) is 0.529. The smallest absolute Gasteiger partial charge is 0.232 e. The van der Waals surface area contributed by atoms with E-state index in [0.717, 1.165) is 32.2 Å². The quantitative estimate of drug-likeness (QED) is 0.814. The van der Waals surface area contributed by atoms with Crippen molar-refractivity contribution in [3.05, 3.63) is 29.8 Å². The summed E-state index contributed by atoms with van der Waals surface area (Å²) in [6.45, 7) is 3.68. The van der Waals surface area contributed by atoms with Crippen LogP contribution in [0.3, 0.4) is 0 Å². The van der Waals surface area contributed by atoms with Crippen molar-refractivity contribution in [3.8, 4) is 6.07 Å². The summed E-state index contributed by atoms with van der Waals surface area (Å²) in [5.74, 6) is 0.465. The van der Waals surface area contributed by atoms with E-state index in [9.17, 15) is 13.2 Å². The molecule has 1 heterocycles. The van der Waals surface area contributed by atoms with E-state index in [4.69, 9.17) is 5.26 Å². The van der Waals surface area contributed by atoms with Crippen LogP contribution in [0.5, 0.6) is 0 Å². The molecule has 0 N–H and O–H groups in total. The van der Waals surface area contributed by atoms with Gasteiger partial charge in [0.25, 0.3) is 0 Å². The van der Waals surface area contributed by atoms with Crippen molar-refractivity contribution in [2.24, 2.45) is 5.92 Å². The van der Waals surface area contributed by atoms with E-state index in [1.54, 1.807) is 18.2 Å². The van der Waals surface area contributed by atoms with Crippen LogP contribution in [0, 0.1) is 17.2 Å². The van der Waals surface area contributed by atoms with Gasteiger partial charge in [0.2, 0.25) is 15.9 Å². The van der Waals surface area contributed by atoms with Crippen LogP contribution >= 0.6 is 0 Å². The average Bonchev–Trinajstić information content (AvgIpc) is 2.54. The molecule has 1 saturated heterocycles. The van der Waals surface area contributed by atoms with Crippen LogP contribution in [0.25, 0.3) is 0 Å². The summed E-state index contributed by atoms with van der Waals surface area (Å²) in [5, 5.41) is 8.98. The maximum atomic E-state index is 12.4. The molecule has 0 spiro atoms. The first-order chi connectivity index (χ1) is 11.3. The standard InChI is InChI=1S/C17H23N3O3S/c1-14-5-4-9-19(13-14)17(21)8-10-20(24(2,22)23)16-7-3-6-15(11-16)12-18/h3,6-7,11,14H,4-5,8-10,13H2,1-2H3. The zero-order valence-corrected chi connectivity index (χ0v) is 14.9. The van der Waals surface area contributed by atoms with Crippen LogP contribution in [0.15, 0.2) is 24.3 Å². The van der Waals surface area contributed by atoms with Crippen molar-refractivity contribution in [2.45, 2.75) is 26.2 Å². The Bertz CT molecular complexity index is 740. The first-order valence-corrected chi connectivity index (χ1v) is 9.91. The van der Waals surface area contributed by atoms with Crippen LogP contribution in [-0.2, 0) is 14.8 Å². The van der Waals surface area contributed by atoms with Crippen LogP contribution in [0.4, 0.5) is 5.69 Å². The number of anilines is 1. The number of likely N-dealkylation sites (tertiary alicyclic amines) is 1. The van der Waals surface area contributed by atoms with Crippen LogP contribution in [-0.4, -0.2) is 45.1 Å². The van der Waals surface area contributed by atoms with Crippen molar-refractivity contribution in [1.29, 1.82) is 5.26 Å². The number of hydrogen-bond acceptors (Lipinski definition) is 4. The number of piperidine rings is 1. The van der Waals surface area contributed by atoms with Crippen molar-refractivity contribution in [1.82, 2.24) is 4.90 Å². The lowest BCUT2D eigenvalue weighted by molar-refractivity contribution is -0.132. The summed E-state index contributed by atoms with van der Waals surface area (Å²) < 4.78 is 25.4. The Hall–Kier alpha value is -2.07. The summed E-state index contributed by atoms with van der Waals surface area (Å²) in [6.07, 6.45) is 3.36. The monoisotopic (exact) mass is 349 g/mol. The van der Waals surface area contributed by atoms with E-state index < -0.39 is 10.0 Å². The second-order valence-corrected chi connectivity index (χ2v) is 8.24. The minimum atomic E-state index is -3.53. The van der Waals surface area contributed by atoms with Gasteiger partial charge in [-0.15, -0.1) is 0 Å². The summed E-state index contributed by atoms with van der Waals surface area (Å²) in [5.41, 5.74) is 0.800. The molecule has 1 aromatic carbocycles. The minimum absolute atomic E-state index is 0.0216. The Morgan fingerprint density at radius 2 is 2.21 bits per heavy atom. The number of sulfonamides is 1. The number of carbonyl (C=O) groups excluding carboxylic acids is 1. The Morgan fingerprint density at radius 1 is 1.46 bits per heavy atom. The van der Waals surface area contributed by atoms with Gasteiger partial charge in [-0.2, -0.15) is 5.26 Å². The van der Waals surface area contributed by atoms with Gasteiger partial charge < -0.3 is 4.90 Å². The summed E-state index contributed by atoms with van der Waals surface area (Å²) in [7, 11) is -3.53. The molecular weight excluding hydrogens is 326 g/mol.